The van der Waals surface area contributed by atoms with Gasteiger partial charge in [-0.15, -0.1) is 13.1 Å². The van der Waals surface area contributed by atoms with Crippen LogP contribution in [-0.2, 0) is 19.1 Å². The van der Waals surface area contributed by atoms with E-state index in [-0.39, 0.29) is 42.4 Å². The zero-order valence-corrected chi connectivity index (χ0v) is 35.0. The Balaban J connectivity index is 0.0000212. The van der Waals surface area contributed by atoms with Gasteiger partial charge in [-0.3, -0.25) is 9.79 Å². The molecule has 8 nitrogen and oxygen atoms in total. The maximum absolute atomic E-state index is 12.7. The Bertz CT molecular complexity index is 925. The van der Waals surface area contributed by atoms with E-state index in [4.69, 9.17) is 9.47 Å². The summed E-state index contributed by atoms with van der Waals surface area (Å²) in [5, 5.41) is 0. The topological polar surface area (TPSA) is 83.8 Å². The van der Waals surface area contributed by atoms with E-state index in [0.29, 0.717) is 69.8 Å². The van der Waals surface area contributed by atoms with Crippen molar-refractivity contribution in [1.29, 1.82) is 0 Å². The first-order valence-corrected chi connectivity index (χ1v) is 18.4. The van der Waals surface area contributed by atoms with Gasteiger partial charge in [-0.25, -0.2) is 9.79 Å². The van der Waals surface area contributed by atoms with Gasteiger partial charge in [0.2, 0.25) is 0 Å². The quantitative estimate of drug-likeness (QED) is 0.0375. The summed E-state index contributed by atoms with van der Waals surface area (Å²) in [5.41, 5.74) is -0.0128. The fraction of sp³-hybridized carbons (Fsp3) is 0.789. The van der Waals surface area contributed by atoms with Gasteiger partial charge in [0.15, 0.2) is 11.6 Å². The molecule has 0 saturated heterocycles. The summed E-state index contributed by atoms with van der Waals surface area (Å²) in [6.45, 7) is 21.4. The van der Waals surface area contributed by atoms with E-state index in [1.165, 1.54) is 103 Å². The number of ether oxygens (including phenoxy) is 2. The first kappa shape index (κ1) is 45.7. The third-order valence-corrected chi connectivity index (χ3v) is 8.37. The molecule has 1 rings (SSSR count). The predicted octanol–water partition coefficient (Wildman–Crippen LogP) is 8.55. The van der Waals surface area contributed by atoms with Crippen LogP contribution in [0.5, 0.6) is 0 Å². The number of esters is 1. The van der Waals surface area contributed by atoms with Crippen LogP contribution in [0.2, 0.25) is 0 Å². The second kappa shape index (κ2) is 28.5. The van der Waals surface area contributed by atoms with Crippen LogP contribution in [0.15, 0.2) is 21.8 Å². The molecule has 9 heteroatoms. The summed E-state index contributed by atoms with van der Waals surface area (Å²) in [4.78, 5) is 38.3. The Hall–Kier alpha value is -1.33. The van der Waals surface area contributed by atoms with Gasteiger partial charge in [0, 0.05) is 19.0 Å². The van der Waals surface area contributed by atoms with Crippen molar-refractivity contribution in [3.63, 3.8) is 0 Å². The number of amidine groups is 1. The van der Waals surface area contributed by atoms with Gasteiger partial charge in [-0.1, -0.05) is 103 Å². The van der Waals surface area contributed by atoms with Crippen molar-refractivity contribution >= 4 is 23.5 Å². The van der Waals surface area contributed by atoms with Gasteiger partial charge in [0.1, 0.15) is 0 Å². The van der Waals surface area contributed by atoms with Crippen molar-refractivity contribution in [3.05, 3.63) is 25.6 Å². The predicted molar refractivity (Wildman–Crippen MR) is 193 cm³/mol. The maximum atomic E-state index is 12.7. The van der Waals surface area contributed by atoms with Crippen LogP contribution in [-0.4, -0.2) is 84.8 Å². The van der Waals surface area contributed by atoms with E-state index in [9.17, 15) is 9.59 Å². The number of nitrogens with zero attached hydrogens (tertiary/aromatic N) is 4. The van der Waals surface area contributed by atoms with Crippen LogP contribution in [0.25, 0.3) is 0 Å². The average molecular weight is 883 g/mol. The largest absolute Gasteiger partial charge is 2.00 e. The molecule has 268 valence electrons. The molecule has 0 fully saturated rings. The van der Waals surface area contributed by atoms with Crippen molar-refractivity contribution in [1.82, 2.24) is 9.80 Å². The summed E-state index contributed by atoms with van der Waals surface area (Å²) in [6, 6.07) is 0. The van der Waals surface area contributed by atoms with Crippen LogP contribution in [0, 0.1) is 45.0 Å². The molecule has 0 amide bonds. The van der Waals surface area contributed by atoms with E-state index < -0.39 is 5.97 Å². The average Bonchev–Trinajstić information content (AvgIpc) is 3.02. The maximum Gasteiger partial charge on any atom is 2.00 e. The van der Waals surface area contributed by atoms with Gasteiger partial charge in [0.05, 0.1) is 38.1 Å². The monoisotopic (exact) mass is 883 g/mol. The minimum absolute atomic E-state index is 0. The Morgan fingerprint density at radius 3 is 1.72 bits per heavy atom. The molecule has 0 bridgehead atoms. The Morgan fingerprint density at radius 1 is 0.766 bits per heavy atom. The van der Waals surface area contributed by atoms with Crippen molar-refractivity contribution in [2.24, 2.45) is 9.98 Å². The van der Waals surface area contributed by atoms with E-state index in [2.05, 4.69) is 30.8 Å². The number of ketones is 1. The molecule has 0 unspecified atom stereocenters. The molecular formula is C38H68N4O4U. The second-order valence-corrected chi connectivity index (χ2v) is 13.5. The fourth-order valence-electron chi connectivity index (χ4n) is 5.67. The van der Waals surface area contributed by atoms with Crippen molar-refractivity contribution < 1.29 is 50.2 Å². The summed E-state index contributed by atoms with van der Waals surface area (Å²) in [5.74, 6) is 0.583. The van der Waals surface area contributed by atoms with Crippen LogP contribution >= 0.6 is 0 Å². The molecule has 0 aromatic carbocycles. The Labute approximate surface area is 312 Å². The van der Waals surface area contributed by atoms with Crippen LogP contribution < -0.4 is 0 Å². The number of allylic oxidation sites excluding steroid dienone is 1. The number of aliphatic imine (C=N–C) groups is 2. The van der Waals surface area contributed by atoms with Gasteiger partial charge in [0.25, 0.3) is 5.90 Å². The molecule has 1 aliphatic heterocycles. The standard InChI is InChI=1S/C38H68N4O4.U/c1-8-11-12-13-14-15-16-17-18-19-20-21-22-23-24-25-30-45-35(44)32-34(33(4)43)42(38(5,6)7)29-26-31-46-37-36(39-27-28-40-37)41(9-2)10-3;/h32H,2-3,8-31H2,1,4-7H3;/q-2;+2/b34-32+;. The number of unbranched alkanes of at least 4 members (excludes halogenated alkanes) is 15. The number of hydrogen-bond donors (Lipinski definition) is 0. The molecule has 0 aromatic heterocycles. The molecule has 47 heavy (non-hydrogen) atoms. The smallest absolute Gasteiger partial charge is 0.475 e. The molecule has 0 spiro atoms. The van der Waals surface area contributed by atoms with E-state index in [1.54, 1.807) is 0 Å². The van der Waals surface area contributed by atoms with Gasteiger partial charge in [-0.05, 0) is 33.6 Å². The summed E-state index contributed by atoms with van der Waals surface area (Å²) < 4.78 is 11.5. The van der Waals surface area contributed by atoms with Crippen LogP contribution in [0.1, 0.15) is 144 Å². The molecule has 0 radical (unpaired) electrons. The molecule has 0 saturated carbocycles. The first-order valence-electron chi connectivity index (χ1n) is 18.4. The minimum atomic E-state index is -0.462. The third-order valence-electron chi connectivity index (χ3n) is 8.37. The number of Topliss-reactive ketones (excluding diaryl/α,β-unsaturated/α-hetero) is 1. The van der Waals surface area contributed by atoms with E-state index in [0.717, 1.165) is 12.8 Å². The first-order chi connectivity index (χ1) is 22.1. The molecule has 0 N–H and O–H groups in total. The van der Waals surface area contributed by atoms with Crippen molar-refractivity contribution in [3.8, 4) is 0 Å². The number of carbonyl (C=O) groups excluding carboxylic acids is 2. The minimum Gasteiger partial charge on any atom is -0.475 e. The van der Waals surface area contributed by atoms with Gasteiger partial charge in [-0.2, -0.15) is 0 Å². The van der Waals surface area contributed by atoms with E-state index in [1.807, 2.05) is 30.6 Å². The third kappa shape index (κ3) is 21.4. The fourth-order valence-corrected chi connectivity index (χ4v) is 5.67. The Morgan fingerprint density at radius 2 is 1.26 bits per heavy atom. The summed E-state index contributed by atoms with van der Waals surface area (Å²) in [7, 11) is 0. The summed E-state index contributed by atoms with van der Waals surface area (Å²) in [6.07, 6.45) is 22.8. The van der Waals surface area contributed by atoms with Crippen molar-refractivity contribution in [2.75, 3.05) is 45.9 Å². The second-order valence-electron chi connectivity index (χ2n) is 13.5. The van der Waals surface area contributed by atoms with Gasteiger partial charge < -0.3 is 33.1 Å². The SMILES string of the molecule is [CH2-]CN(C[CH2-])C1=NCCN=C1OCCCN(/C(=C/C(=O)OCCCCCCCCCCCCCCCCCC)C(C)=O)C(C)(C)C.[U+2]. The van der Waals surface area contributed by atoms with Crippen LogP contribution in [0.4, 0.5) is 0 Å². The molecule has 1 aliphatic rings. The molecular weight excluding hydrogens is 814 g/mol. The normalized spacial score (nSPS) is 13.4. The Kier molecular flexibility index (Phi) is 27.7. The van der Waals surface area contributed by atoms with Crippen molar-refractivity contribution in [2.45, 2.75) is 149 Å². The number of rotatable bonds is 26. The van der Waals surface area contributed by atoms with E-state index >= 15 is 0 Å². The molecule has 0 aliphatic carbocycles. The zero-order valence-electron chi connectivity index (χ0n) is 30.9. The molecule has 0 aromatic rings. The summed E-state index contributed by atoms with van der Waals surface area (Å²) >= 11 is 0. The van der Waals surface area contributed by atoms with Gasteiger partial charge >= 0.3 is 37.1 Å². The van der Waals surface area contributed by atoms with Crippen LogP contribution in [0.3, 0.4) is 0 Å². The number of hydrogen-bond acceptors (Lipinski definition) is 8. The molecule has 0 atom stereocenters. The number of carbonyl (C=O) groups is 2. The zero-order chi connectivity index (χ0) is 34.0. The molecule has 1 heterocycles.